The van der Waals surface area contributed by atoms with E-state index in [1.807, 2.05) is 33.4 Å². The molecule has 27 heteroatoms. The van der Waals surface area contributed by atoms with Crippen LogP contribution in [0.5, 0.6) is 6.01 Å². The van der Waals surface area contributed by atoms with Gasteiger partial charge in [0.15, 0.2) is 90.8 Å². The number of nitrogens with two attached hydrogens (primary N) is 2. The van der Waals surface area contributed by atoms with Crippen molar-refractivity contribution in [3.63, 3.8) is 0 Å². The molecule has 7 rings (SSSR count). The van der Waals surface area contributed by atoms with E-state index in [2.05, 4.69) is 186 Å². The molecule has 97 heavy (non-hydrogen) atoms. The summed E-state index contributed by atoms with van der Waals surface area (Å²) in [5.41, 5.74) is 18.6. The molecule has 0 amide bonds. The number of anilines is 2. The number of benzene rings is 1. The summed E-state index contributed by atoms with van der Waals surface area (Å²) in [4.78, 5) is 27.4. The molecule has 2 saturated heterocycles. The van der Waals surface area contributed by atoms with Crippen molar-refractivity contribution in [3.05, 3.63) is 52.8 Å². The molecular formula is C70H128Cl2N10O9Si6. The van der Waals surface area contributed by atoms with Crippen molar-refractivity contribution in [2.75, 3.05) is 31.3 Å². The average molecular weight is 1490 g/mol. The highest BCUT2D eigenvalue weighted by Crippen LogP contribution is 2.48. The van der Waals surface area contributed by atoms with Gasteiger partial charge in [0.1, 0.15) is 42.1 Å². The molecule has 2 aliphatic rings. The molecule has 1 aromatic carbocycles. The van der Waals surface area contributed by atoms with Crippen LogP contribution in [0.4, 0.5) is 11.6 Å². The van der Waals surface area contributed by atoms with Gasteiger partial charge >= 0.3 is 6.01 Å². The second kappa shape index (κ2) is 36.1. The van der Waals surface area contributed by atoms with Gasteiger partial charge in [0.05, 0.1) is 32.5 Å². The first-order valence-electron chi connectivity index (χ1n) is 37.2. The molecule has 6 heterocycles. The summed E-state index contributed by atoms with van der Waals surface area (Å²) in [6.07, 6.45) is 1.05. The van der Waals surface area contributed by atoms with E-state index in [1.165, 1.54) is 0 Å². The Morgan fingerprint density at radius 1 is 0.433 bits per heavy atom. The first-order valence-corrected chi connectivity index (χ1v) is 52.4. The number of nitrogens with zero attached hydrogens (tertiary/aromatic N) is 8. The number of nitrogen functional groups attached to an aromatic ring is 2. The largest absolute Gasteiger partial charge is 0.463 e. The average Bonchev–Trinajstić information content (AvgIpc) is 1.61. The summed E-state index contributed by atoms with van der Waals surface area (Å²) in [6.45, 7) is 56.4. The van der Waals surface area contributed by atoms with Gasteiger partial charge in [0, 0.05) is 11.4 Å². The van der Waals surface area contributed by atoms with Crippen LogP contribution in [-0.4, -0.2) is 145 Å². The molecule has 2 fully saturated rings. The van der Waals surface area contributed by atoms with Gasteiger partial charge in [-0.05, 0) is 135 Å². The van der Waals surface area contributed by atoms with Gasteiger partial charge in [-0.1, -0.05) is 190 Å². The molecular weight excluding hydrogens is 1360 g/mol. The van der Waals surface area contributed by atoms with Crippen LogP contribution in [0.15, 0.2) is 36.9 Å². The van der Waals surface area contributed by atoms with Crippen molar-refractivity contribution in [2.45, 2.75) is 327 Å². The smallest absolute Gasteiger partial charge is 0.320 e. The van der Waals surface area contributed by atoms with Crippen LogP contribution >= 0.6 is 23.2 Å². The van der Waals surface area contributed by atoms with E-state index in [0.717, 1.165) is 78.1 Å². The Morgan fingerprint density at radius 2 is 0.753 bits per heavy atom. The molecule has 0 bridgehead atoms. The van der Waals surface area contributed by atoms with Gasteiger partial charge in [-0.3, -0.25) is 9.13 Å². The second-order valence-corrected chi connectivity index (χ2v) is 59.8. The van der Waals surface area contributed by atoms with E-state index < -0.39 is 68.5 Å². The predicted molar refractivity (Wildman–Crippen MR) is 415 cm³/mol. The summed E-state index contributed by atoms with van der Waals surface area (Å²) >= 11 is 12.4. The predicted octanol–water partition coefficient (Wildman–Crippen LogP) is 19.5. The Balaban J connectivity index is 0.000000312. The number of halogens is 2. The normalized spacial score (nSPS) is 20.9. The van der Waals surface area contributed by atoms with Crippen molar-refractivity contribution >= 4 is 107 Å². The Hall–Kier alpha value is -2.72. The molecule has 0 spiro atoms. The lowest BCUT2D eigenvalue weighted by Crippen LogP contribution is -2.54. The first-order chi connectivity index (χ1) is 45.9. The lowest BCUT2D eigenvalue weighted by Gasteiger charge is -2.43. The highest BCUT2D eigenvalue weighted by molar-refractivity contribution is 6.77. The summed E-state index contributed by atoms with van der Waals surface area (Å²) in [5.74, 6) is 0.505. The fraction of sp³-hybridized carbons (Fsp3) is 0.771. The maximum Gasteiger partial charge on any atom is 0.320 e. The first kappa shape index (κ1) is 83.2. The van der Waals surface area contributed by atoms with Crippen molar-refractivity contribution in [3.8, 4) is 6.01 Å². The minimum absolute atomic E-state index is 0.0784. The van der Waals surface area contributed by atoms with E-state index in [1.54, 1.807) is 12.7 Å². The van der Waals surface area contributed by atoms with Crippen LogP contribution in [0.1, 0.15) is 184 Å². The number of fused-ring (bicyclic) bond motifs is 2. The van der Waals surface area contributed by atoms with Crippen molar-refractivity contribution in [1.82, 2.24) is 39.0 Å². The molecule has 4 aromatic heterocycles. The third-order valence-electron chi connectivity index (χ3n) is 23.6. The highest BCUT2D eigenvalue weighted by Gasteiger charge is 2.57. The Kier molecular flexibility index (Phi) is 31.0. The molecule has 19 nitrogen and oxygen atoms in total. The highest BCUT2D eigenvalue weighted by atomic mass is 35.5. The van der Waals surface area contributed by atoms with Crippen molar-refractivity contribution < 1.29 is 40.8 Å². The fourth-order valence-electron chi connectivity index (χ4n) is 15.8. The Morgan fingerprint density at radius 3 is 1.08 bits per heavy atom. The third kappa shape index (κ3) is 18.1. The lowest BCUT2D eigenvalue weighted by molar-refractivity contribution is -0.0470. The zero-order valence-electron chi connectivity index (χ0n) is 64.0. The maximum atomic E-state index is 7.62. The molecule has 0 unspecified atom stereocenters. The number of rotatable bonds is 38. The Bertz CT molecular complexity index is 3200. The van der Waals surface area contributed by atoms with Gasteiger partial charge in [-0.2, -0.15) is 19.9 Å². The van der Waals surface area contributed by atoms with E-state index in [-0.39, 0.29) is 53.4 Å². The second-order valence-electron chi connectivity index (χ2n) is 29.3. The van der Waals surface area contributed by atoms with E-state index in [4.69, 9.17) is 85.4 Å². The van der Waals surface area contributed by atoms with Crippen LogP contribution in [0.2, 0.25) is 116 Å². The van der Waals surface area contributed by atoms with Gasteiger partial charge in [-0.25, -0.2) is 9.97 Å². The van der Waals surface area contributed by atoms with Gasteiger partial charge in [-0.15, -0.1) is 0 Å². The molecule has 2 aliphatic heterocycles. The number of hydrogen-bond acceptors (Lipinski definition) is 17. The number of ether oxygens (including phenoxy) is 3. The van der Waals surface area contributed by atoms with Gasteiger partial charge in [0.25, 0.3) is 0 Å². The van der Waals surface area contributed by atoms with Crippen LogP contribution in [-0.2, 0) is 42.5 Å². The quantitative estimate of drug-likeness (QED) is 0.0277. The maximum absolute atomic E-state index is 7.62. The zero-order valence-corrected chi connectivity index (χ0v) is 71.5. The number of hydrogen-bond donors (Lipinski definition) is 2. The zero-order chi connectivity index (χ0) is 72.2. The van der Waals surface area contributed by atoms with Gasteiger partial charge in [0.2, 0.25) is 5.28 Å². The summed E-state index contributed by atoms with van der Waals surface area (Å²) < 4.78 is 68.7. The lowest BCUT2D eigenvalue weighted by atomic mass is 10.1. The van der Waals surface area contributed by atoms with E-state index in [9.17, 15) is 0 Å². The minimum Gasteiger partial charge on any atom is -0.463 e. The van der Waals surface area contributed by atoms with Crippen molar-refractivity contribution in [2.24, 2.45) is 0 Å². The molecule has 8 atom stereocenters. The SMILES string of the molecule is CC[Si](CC)(OC[C@H]1O[C@@H](n2cnc3c(N)nc(Cl)nc32)[C@H](O[Si](CC)(CC)C(C)C)[C@@H]1O[Si](CC)(CC)C(C)C)C(C)C.CC[Si](CC)(OC[C@H]1O[C@@H](n2cnc3c(N)nc(OCCc4ccc(Cl)cc4)nc32)[C@H](O[Si](CC)(CC)C(C)C)[C@@H]1O[Si](CC)(CC)C(C)C)C(C)C. The molecule has 0 aliphatic carbocycles. The topological polar surface area (TPSA) is 222 Å². The van der Waals surface area contributed by atoms with Crippen molar-refractivity contribution in [1.29, 1.82) is 0 Å². The number of aromatic nitrogens is 8. The minimum atomic E-state index is -2.27. The molecule has 5 aromatic rings. The number of imidazole rings is 2. The third-order valence-corrected chi connectivity index (χ3v) is 55.4. The van der Waals surface area contributed by atoms with Gasteiger partial charge < -0.3 is 52.2 Å². The van der Waals surface area contributed by atoms with Crippen LogP contribution in [0.25, 0.3) is 22.3 Å². The molecule has 0 saturated carbocycles. The summed E-state index contributed by atoms with van der Waals surface area (Å²) in [5, 5.41) is 0.780. The fourth-order valence-corrected chi connectivity index (χ4v) is 37.0. The monoisotopic (exact) mass is 1490 g/mol. The summed E-state index contributed by atoms with van der Waals surface area (Å²) in [7, 11) is -12.9. The standard InChI is InChI=1S/C39H68ClN5O5Si3.C31H60ClN5O4Si3/c1-13-51(14-2,27(7)8)47-25-32-34(49-52(15-3,16-4)28(9)10)35(50-53(17-5,18-6)29(11)12)38(48-32)45-26-42-33-36(41)43-39(44-37(33)45)46-24-23-30-19-21-31(40)22-20-30;1-13-42(14-2,21(7)8)38-19-24-26(40-43(15-3,16-4)22(9)10)27(41-44(17-5,18-6)23(11)12)30(39-24)37-20-34-25-28(33)35-31(32)36-29(25)37/h19-22,26-29,32,34-35,38H,13-18,23-25H2,1-12H3,(H2,41,43,44);20-24,26-27,30H,13-19H2,1-12H3,(H2,33,35,36)/t32-,34-,35-,38-;24-,26-,27-,30-/m11/s1. The molecule has 550 valence electrons. The molecule has 0 radical (unpaired) electrons. The van der Waals surface area contributed by atoms with Crippen LogP contribution < -0.4 is 16.2 Å². The Labute approximate surface area is 600 Å². The van der Waals surface area contributed by atoms with E-state index >= 15 is 0 Å². The van der Waals surface area contributed by atoms with Crippen LogP contribution in [0.3, 0.4) is 0 Å². The summed E-state index contributed by atoms with van der Waals surface area (Å²) in [6, 6.07) is 20.2. The molecule has 4 N–H and O–H groups in total. The van der Waals surface area contributed by atoms with Crippen LogP contribution in [0, 0.1) is 0 Å². The van der Waals surface area contributed by atoms with E-state index in [0.29, 0.717) is 86.8 Å².